The van der Waals surface area contributed by atoms with E-state index in [9.17, 15) is 4.79 Å². The highest BCUT2D eigenvalue weighted by Crippen LogP contribution is 2.34. The fraction of sp³-hybridized carbons (Fsp3) is 0.333. The van der Waals surface area contributed by atoms with Gasteiger partial charge in [0, 0.05) is 33.2 Å². The summed E-state index contributed by atoms with van der Waals surface area (Å²) in [5.41, 5.74) is 3.67. The first-order chi connectivity index (χ1) is 15.5. The van der Waals surface area contributed by atoms with Crippen molar-refractivity contribution in [2.75, 3.05) is 7.05 Å². The third-order valence-corrected chi connectivity index (χ3v) is 6.81. The van der Waals surface area contributed by atoms with Crippen LogP contribution in [0.4, 0.5) is 0 Å². The number of nitrogens with zero attached hydrogens (tertiary/aromatic N) is 2. The number of hydrogen-bond acceptors (Lipinski definition) is 3. The minimum Gasteiger partial charge on any atom is -0.348 e. The Hall–Kier alpha value is -1.86. The molecule has 0 bridgehead atoms. The molecule has 32 heavy (non-hydrogen) atoms. The third-order valence-electron chi connectivity index (χ3n) is 5.75. The predicted molar refractivity (Wildman–Crippen MR) is 134 cm³/mol. The number of nitrogens with one attached hydrogen (secondary N) is 2. The summed E-state index contributed by atoms with van der Waals surface area (Å²) in [5.74, 6) is -0.149. The van der Waals surface area contributed by atoms with Gasteiger partial charge in [-0.15, -0.1) is 0 Å². The molecule has 1 amide bonds. The van der Waals surface area contributed by atoms with Crippen LogP contribution in [0.1, 0.15) is 48.2 Å². The summed E-state index contributed by atoms with van der Waals surface area (Å²) in [4.78, 5) is 13.4. The summed E-state index contributed by atoms with van der Waals surface area (Å²) in [5, 5.41) is 12.2. The van der Waals surface area contributed by atoms with Gasteiger partial charge >= 0.3 is 0 Å². The molecule has 2 N–H and O–H groups in total. The molecule has 168 valence electrons. The molecule has 0 spiro atoms. The van der Waals surface area contributed by atoms with Gasteiger partial charge in [-0.25, -0.2) is 4.68 Å². The van der Waals surface area contributed by atoms with Gasteiger partial charge < -0.3 is 10.6 Å². The number of carbonyl (C=O) groups is 1. The zero-order valence-electron chi connectivity index (χ0n) is 17.8. The predicted octanol–water partition coefficient (Wildman–Crippen LogP) is 6.39. The van der Waals surface area contributed by atoms with Crippen molar-refractivity contribution in [1.29, 1.82) is 0 Å². The zero-order valence-corrected chi connectivity index (χ0v) is 20.9. The molecular formula is C24H25BrCl2N4O. The number of amides is 1. The highest BCUT2D eigenvalue weighted by Gasteiger charge is 2.27. The zero-order chi connectivity index (χ0) is 22.7. The first-order valence-corrected chi connectivity index (χ1v) is 12.3. The maximum atomic E-state index is 13.4. The van der Waals surface area contributed by atoms with Crippen LogP contribution < -0.4 is 10.6 Å². The second kappa shape index (κ2) is 10.4. The highest BCUT2D eigenvalue weighted by atomic mass is 79.9. The topological polar surface area (TPSA) is 59.0 Å². The summed E-state index contributed by atoms with van der Waals surface area (Å²) in [6, 6.07) is 13.4. The van der Waals surface area contributed by atoms with Crippen molar-refractivity contribution in [3.8, 4) is 16.9 Å². The molecule has 0 unspecified atom stereocenters. The number of carbonyl (C=O) groups excluding carboxylic acids is 1. The van der Waals surface area contributed by atoms with Crippen LogP contribution in [0.2, 0.25) is 10.0 Å². The van der Waals surface area contributed by atoms with Gasteiger partial charge in [-0.05, 0) is 50.2 Å². The van der Waals surface area contributed by atoms with E-state index in [1.54, 1.807) is 16.8 Å². The SMILES string of the molecule is CNCc1c(C(=O)NC2CCCCC2)nn(-c2ccc(Cl)cc2Cl)c1-c1ccc(Br)cc1. The maximum Gasteiger partial charge on any atom is 0.272 e. The molecule has 2 aromatic carbocycles. The fourth-order valence-corrected chi connectivity index (χ4v) is 4.96. The Morgan fingerprint density at radius 3 is 2.50 bits per heavy atom. The Morgan fingerprint density at radius 2 is 1.84 bits per heavy atom. The van der Waals surface area contributed by atoms with Gasteiger partial charge in [-0.2, -0.15) is 5.10 Å². The molecule has 0 saturated heterocycles. The van der Waals surface area contributed by atoms with Crippen LogP contribution >= 0.6 is 39.1 Å². The van der Waals surface area contributed by atoms with Crippen LogP contribution in [-0.2, 0) is 6.54 Å². The van der Waals surface area contributed by atoms with Crippen molar-refractivity contribution in [2.24, 2.45) is 0 Å². The fourth-order valence-electron chi connectivity index (χ4n) is 4.21. The Kier molecular flexibility index (Phi) is 7.56. The molecule has 1 aliphatic carbocycles. The number of halogens is 3. The normalized spacial score (nSPS) is 14.5. The smallest absolute Gasteiger partial charge is 0.272 e. The van der Waals surface area contributed by atoms with Gasteiger partial charge in [-0.1, -0.05) is 70.5 Å². The van der Waals surface area contributed by atoms with Crippen LogP contribution in [0.15, 0.2) is 46.9 Å². The molecule has 8 heteroatoms. The largest absolute Gasteiger partial charge is 0.348 e. The van der Waals surface area contributed by atoms with Crippen LogP contribution in [0.3, 0.4) is 0 Å². The minimum absolute atomic E-state index is 0.149. The van der Waals surface area contributed by atoms with Gasteiger partial charge in [-0.3, -0.25) is 4.79 Å². The van der Waals surface area contributed by atoms with Crippen LogP contribution in [0, 0.1) is 0 Å². The number of aromatic nitrogens is 2. The van der Waals surface area contributed by atoms with Crippen molar-refractivity contribution >= 4 is 45.0 Å². The summed E-state index contributed by atoms with van der Waals surface area (Å²) in [6.45, 7) is 0.490. The summed E-state index contributed by atoms with van der Waals surface area (Å²) in [7, 11) is 1.86. The van der Waals surface area contributed by atoms with Crippen molar-refractivity contribution in [3.63, 3.8) is 0 Å². The lowest BCUT2D eigenvalue weighted by Crippen LogP contribution is -2.37. The van der Waals surface area contributed by atoms with E-state index in [1.807, 2.05) is 37.4 Å². The Bertz CT molecular complexity index is 1110. The van der Waals surface area contributed by atoms with Gasteiger partial charge in [0.15, 0.2) is 5.69 Å². The average molecular weight is 536 g/mol. The molecule has 0 atom stereocenters. The van der Waals surface area contributed by atoms with E-state index >= 15 is 0 Å². The van der Waals surface area contributed by atoms with Crippen molar-refractivity contribution < 1.29 is 4.79 Å². The number of rotatable bonds is 6. The maximum absolute atomic E-state index is 13.4. The first kappa shape index (κ1) is 23.3. The monoisotopic (exact) mass is 534 g/mol. The highest BCUT2D eigenvalue weighted by molar-refractivity contribution is 9.10. The Balaban J connectivity index is 1.86. The van der Waals surface area contributed by atoms with E-state index in [2.05, 4.69) is 26.6 Å². The molecule has 1 aromatic heterocycles. The van der Waals surface area contributed by atoms with Gasteiger partial charge in [0.05, 0.1) is 16.4 Å². The Morgan fingerprint density at radius 1 is 1.12 bits per heavy atom. The lowest BCUT2D eigenvalue weighted by Gasteiger charge is -2.22. The molecule has 1 aliphatic rings. The first-order valence-electron chi connectivity index (χ1n) is 10.8. The van der Waals surface area contributed by atoms with Crippen molar-refractivity contribution in [2.45, 2.75) is 44.7 Å². The van der Waals surface area contributed by atoms with Gasteiger partial charge in [0.25, 0.3) is 5.91 Å². The second-order valence-electron chi connectivity index (χ2n) is 8.03. The lowest BCUT2D eigenvalue weighted by molar-refractivity contribution is 0.0921. The summed E-state index contributed by atoms with van der Waals surface area (Å²) >= 11 is 16.2. The van der Waals surface area contributed by atoms with Gasteiger partial charge in [0.1, 0.15) is 0 Å². The quantitative estimate of drug-likeness (QED) is 0.384. The molecule has 4 rings (SSSR count). The third kappa shape index (κ3) is 5.04. The van der Waals surface area contributed by atoms with Crippen molar-refractivity contribution in [3.05, 3.63) is 68.2 Å². The van der Waals surface area contributed by atoms with Crippen LogP contribution in [0.5, 0.6) is 0 Å². The molecule has 1 heterocycles. The lowest BCUT2D eigenvalue weighted by atomic mass is 9.95. The minimum atomic E-state index is -0.149. The second-order valence-corrected chi connectivity index (χ2v) is 9.79. The van der Waals surface area contributed by atoms with Crippen molar-refractivity contribution in [1.82, 2.24) is 20.4 Å². The molecule has 1 fully saturated rings. The molecule has 0 radical (unpaired) electrons. The standard InChI is InChI=1S/C24H25BrCl2N4O/c1-28-14-19-22(24(32)29-18-5-3-2-4-6-18)30-31(21-12-11-17(26)13-20(21)27)23(19)15-7-9-16(25)10-8-15/h7-13,18,28H,2-6,14H2,1H3,(H,29,32). The Labute approximate surface area is 206 Å². The molecule has 0 aliphatic heterocycles. The molecule has 3 aromatic rings. The van der Waals surface area contributed by atoms with E-state index in [0.717, 1.165) is 47.0 Å². The molecule has 1 saturated carbocycles. The number of hydrogen-bond donors (Lipinski definition) is 2. The summed E-state index contributed by atoms with van der Waals surface area (Å²) in [6.07, 6.45) is 5.54. The average Bonchev–Trinajstić information content (AvgIpc) is 3.14. The van der Waals surface area contributed by atoms with E-state index in [1.165, 1.54) is 6.42 Å². The van der Waals surface area contributed by atoms with E-state index < -0.39 is 0 Å². The van der Waals surface area contributed by atoms with Gasteiger partial charge in [0.2, 0.25) is 0 Å². The van der Waals surface area contributed by atoms with E-state index in [0.29, 0.717) is 28.0 Å². The molecular weight excluding hydrogens is 511 g/mol. The van der Waals surface area contributed by atoms with E-state index in [-0.39, 0.29) is 11.9 Å². The van der Waals surface area contributed by atoms with E-state index in [4.69, 9.17) is 28.3 Å². The van der Waals surface area contributed by atoms with Crippen LogP contribution in [0.25, 0.3) is 16.9 Å². The summed E-state index contributed by atoms with van der Waals surface area (Å²) < 4.78 is 2.73. The van der Waals surface area contributed by atoms with Crippen LogP contribution in [-0.4, -0.2) is 28.8 Å². The number of benzene rings is 2. The molecule has 5 nitrogen and oxygen atoms in total.